The Morgan fingerprint density at radius 3 is 1.55 bits per heavy atom. The molecule has 0 amide bonds. The molecule has 0 saturated carbocycles. The fraction of sp³-hybridized carbons (Fsp3) is 0.226. The summed E-state index contributed by atoms with van der Waals surface area (Å²) < 4.78 is 5.16. The van der Waals surface area contributed by atoms with Gasteiger partial charge in [0.1, 0.15) is 0 Å². The first-order chi connectivity index (χ1) is 26.1. The molecule has 3 heteroatoms. The van der Waals surface area contributed by atoms with Gasteiger partial charge in [-0.25, -0.2) is 0 Å². The van der Waals surface area contributed by atoms with Crippen molar-refractivity contribution >= 4 is 6.48 Å². The van der Waals surface area contributed by atoms with Gasteiger partial charge in [0, 0.05) is 0 Å². The third-order valence-corrected chi connectivity index (χ3v) is 19.0. The standard InChI is InChI=1S/C33H33.C15H14.C5H5.2ClH.Zr/c1-32(2,3)30-20-26-24(18-28(30)22-13-9-7-10-14-22)17-25-19-29(23-15-11-8-12-16-23)31(21-27(25)26)33(4,5)6;1-3-8-14(9-4-1)12-7-13-15-10-5-2-6-11-15;1-2-4-5-3-1;;;/h7-16,18,20-21H,17H2,1-6H3;1-6,8-11H,12-13H2;1-3H,4H2;2*1H;/q;;;;;+2/p-2. The Morgan fingerprint density at radius 2 is 1.05 bits per heavy atom. The van der Waals surface area contributed by atoms with Gasteiger partial charge < -0.3 is 24.8 Å². The van der Waals surface area contributed by atoms with Crippen molar-refractivity contribution in [1.29, 1.82) is 0 Å². The third-order valence-electron chi connectivity index (χ3n) is 11.3. The molecule has 0 fully saturated rings. The second-order valence-electron chi connectivity index (χ2n) is 17.3. The maximum absolute atomic E-state index is 2.88. The molecule has 0 heterocycles. The van der Waals surface area contributed by atoms with Crippen molar-refractivity contribution < 1.29 is 46.1 Å². The van der Waals surface area contributed by atoms with E-state index in [9.17, 15) is 0 Å². The number of hydrogen-bond acceptors (Lipinski definition) is 0. The van der Waals surface area contributed by atoms with Crippen LogP contribution >= 0.6 is 0 Å². The zero-order valence-electron chi connectivity index (χ0n) is 33.6. The number of hydrogen-bond donors (Lipinski definition) is 0. The van der Waals surface area contributed by atoms with Crippen molar-refractivity contribution in [1.82, 2.24) is 0 Å². The van der Waals surface area contributed by atoms with Crippen molar-refractivity contribution in [3.05, 3.63) is 194 Å². The maximum Gasteiger partial charge on any atom is -1.00 e. The molecule has 0 atom stereocenters. The molecule has 0 bridgehead atoms. The van der Waals surface area contributed by atoms with Gasteiger partial charge in [0.05, 0.1) is 0 Å². The first-order valence-corrected chi connectivity index (χ1v) is 23.4. The second kappa shape index (κ2) is 17.3. The van der Waals surface area contributed by atoms with Gasteiger partial charge in [0.2, 0.25) is 0 Å². The van der Waals surface area contributed by atoms with E-state index in [0.717, 1.165) is 25.7 Å². The summed E-state index contributed by atoms with van der Waals surface area (Å²) in [6.45, 7) is 14.4. The van der Waals surface area contributed by atoms with Crippen LogP contribution in [0.2, 0.25) is 0 Å². The third kappa shape index (κ3) is 8.53. The second-order valence-corrected chi connectivity index (χ2v) is 23.7. The van der Waals surface area contributed by atoms with E-state index in [1.807, 2.05) is 0 Å². The van der Waals surface area contributed by atoms with Gasteiger partial charge in [-0.15, -0.1) is 0 Å². The van der Waals surface area contributed by atoms with Crippen LogP contribution in [0.4, 0.5) is 0 Å². The van der Waals surface area contributed by atoms with E-state index >= 15 is 0 Å². The first kappa shape index (κ1) is 41.8. The number of rotatable bonds is 8. The molecule has 0 aromatic heterocycles. The van der Waals surface area contributed by atoms with Crippen LogP contribution in [0, 0.1) is 0 Å². The molecule has 2 aliphatic carbocycles. The molecule has 6 aromatic carbocycles. The van der Waals surface area contributed by atoms with Gasteiger partial charge in [-0.05, 0) is 0 Å². The van der Waals surface area contributed by atoms with E-state index in [4.69, 9.17) is 0 Å². The quantitative estimate of drug-likeness (QED) is 0.156. The van der Waals surface area contributed by atoms with Crippen LogP contribution in [-0.4, -0.2) is 3.21 Å². The first-order valence-electron chi connectivity index (χ1n) is 19.7. The molecule has 0 unspecified atom stereocenters. The summed E-state index contributed by atoms with van der Waals surface area (Å²) >= 11 is -2.88. The Bertz CT molecular complexity index is 2360. The molecule has 0 saturated heterocycles. The topological polar surface area (TPSA) is 0 Å². The SMILES string of the molecule is CC(C)(C)c1cc2c(cc1-c1ccccc1)Cc1c-2cc(C(C)(C)C)c(-c2ccccc2)[c]1[Zr+2]([C]1=CC=CC1)=[C](Cc1ccccc1)Cc1ccccc1.[Cl-].[Cl-]. The largest absolute Gasteiger partial charge is 1.00 e. The van der Waals surface area contributed by atoms with Crippen molar-refractivity contribution in [2.75, 3.05) is 0 Å². The Hall–Kier alpha value is -3.87. The van der Waals surface area contributed by atoms with Crippen LogP contribution in [0.3, 0.4) is 0 Å². The predicted molar refractivity (Wildman–Crippen MR) is 230 cm³/mol. The van der Waals surface area contributed by atoms with Gasteiger partial charge in [-0.3, -0.25) is 0 Å². The molecule has 282 valence electrons. The predicted octanol–water partition coefficient (Wildman–Crippen LogP) is 6.94. The van der Waals surface area contributed by atoms with E-state index in [2.05, 4.69) is 199 Å². The average Bonchev–Trinajstić information content (AvgIpc) is 3.83. The van der Waals surface area contributed by atoms with Crippen LogP contribution in [0.25, 0.3) is 33.4 Å². The van der Waals surface area contributed by atoms with Gasteiger partial charge >= 0.3 is 334 Å². The minimum atomic E-state index is -2.88. The maximum atomic E-state index is 2.62. The summed E-state index contributed by atoms with van der Waals surface area (Å²) in [6.07, 6.45) is 11.3. The van der Waals surface area contributed by atoms with Crippen LogP contribution in [0.5, 0.6) is 0 Å². The molecule has 56 heavy (non-hydrogen) atoms. The van der Waals surface area contributed by atoms with Crippen LogP contribution < -0.4 is 28.1 Å². The minimum absolute atomic E-state index is 0. The summed E-state index contributed by atoms with van der Waals surface area (Å²) in [5, 5.41) is 0. The molecule has 0 N–H and O–H groups in total. The Labute approximate surface area is 355 Å². The molecule has 6 aromatic rings. The van der Waals surface area contributed by atoms with Gasteiger partial charge in [0.15, 0.2) is 0 Å². The number of benzene rings is 6. The molecular weight excluding hydrogens is 799 g/mol. The number of fused-ring (bicyclic) bond motifs is 3. The van der Waals surface area contributed by atoms with Crippen molar-refractivity contribution in [3.8, 4) is 33.4 Å². The zero-order valence-corrected chi connectivity index (χ0v) is 37.6. The fourth-order valence-electron chi connectivity index (χ4n) is 8.75. The Morgan fingerprint density at radius 1 is 0.554 bits per heavy atom. The molecular formula is C53H52Cl2Zr. The van der Waals surface area contributed by atoms with Gasteiger partial charge in [0.25, 0.3) is 0 Å². The van der Waals surface area contributed by atoms with Crippen LogP contribution in [0.15, 0.2) is 161 Å². The minimum Gasteiger partial charge on any atom is -1.00 e. The number of allylic oxidation sites excluding steroid dienone is 4. The van der Waals surface area contributed by atoms with Crippen molar-refractivity contribution in [2.24, 2.45) is 0 Å². The average molecular weight is 851 g/mol. The normalized spacial score (nSPS) is 12.8. The summed E-state index contributed by atoms with van der Waals surface area (Å²) in [5.41, 5.74) is 17.2. The summed E-state index contributed by atoms with van der Waals surface area (Å²) in [7, 11) is 0. The molecule has 8 rings (SSSR count). The fourth-order valence-corrected chi connectivity index (χ4v) is 17.4. The molecule has 0 aliphatic heterocycles. The van der Waals surface area contributed by atoms with Crippen molar-refractivity contribution in [3.63, 3.8) is 0 Å². The summed E-state index contributed by atoms with van der Waals surface area (Å²) in [5.74, 6) is 0. The molecule has 0 nitrogen and oxygen atoms in total. The molecule has 0 spiro atoms. The zero-order chi connectivity index (χ0) is 37.5. The van der Waals surface area contributed by atoms with E-state index in [1.54, 1.807) is 15.3 Å². The van der Waals surface area contributed by atoms with E-state index < -0.39 is 21.3 Å². The van der Waals surface area contributed by atoms with Gasteiger partial charge in [-0.1, -0.05) is 0 Å². The monoisotopic (exact) mass is 848 g/mol. The summed E-state index contributed by atoms with van der Waals surface area (Å²) in [4.78, 5) is 0. The van der Waals surface area contributed by atoms with Crippen LogP contribution in [0.1, 0.15) is 81.3 Å². The smallest absolute Gasteiger partial charge is 1.00 e. The summed E-state index contributed by atoms with van der Waals surface area (Å²) in [6, 6.07) is 52.8. The van der Waals surface area contributed by atoms with Gasteiger partial charge in [-0.2, -0.15) is 0 Å². The molecule has 2 aliphatic rings. The number of halogens is 2. The van der Waals surface area contributed by atoms with E-state index in [-0.39, 0.29) is 35.6 Å². The molecule has 0 radical (unpaired) electrons. The van der Waals surface area contributed by atoms with Crippen molar-refractivity contribution in [2.45, 2.75) is 78.1 Å². The Balaban J connectivity index is 0.00000266. The van der Waals surface area contributed by atoms with Crippen LogP contribution in [-0.2, 0) is 51.4 Å². The van der Waals surface area contributed by atoms with E-state index in [0.29, 0.717) is 0 Å². The Kier molecular flexibility index (Phi) is 12.9. The van der Waals surface area contributed by atoms with E-state index in [1.165, 1.54) is 61.2 Å².